The number of benzene rings is 10. The predicted octanol–water partition coefficient (Wildman–Crippen LogP) is 18.8. The van der Waals surface area contributed by atoms with Crippen LogP contribution in [-0.2, 0) is 61.4 Å². The van der Waals surface area contributed by atoms with Crippen LogP contribution in [0.1, 0.15) is 80.5 Å². The summed E-state index contributed by atoms with van der Waals surface area (Å²) >= 11 is 2.40. The molecule has 0 radical (unpaired) electrons. The molecule has 0 aliphatic heterocycles. The van der Waals surface area contributed by atoms with Gasteiger partial charge in [0.15, 0.2) is 0 Å². The summed E-state index contributed by atoms with van der Waals surface area (Å²) in [7, 11) is 0. The second-order valence-electron chi connectivity index (χ2n) is 26.6. The van der Waals surface area contributed by atoms with Crippen molar-refractivity contribution in [3.05, 3.63) is 329 Å². The van der Waals surface area contributed by atoms with E-state index in [9.17, 15) is 47.4 Å². The van der Waals surface area contributed by atoms with Crippen molar-refractivity contribution in [2.24, 2.45) is 11.5 Å². The highest BCUT2D eigenvalue weighted by Crippen LogP contribution is 2.37. The number of rotatable bonds is 22. The number of halogens is 4. The van der Waals surface area contributed by atoms with Crippen LogP contribution in [0.3, 0.4) is 0 Å². The number of nitrogens with one attached hydrogen (secondary N) is 1. The molecule has 115 heavy (non-hydrogen) atoms. The molecule has 0 aliphatic rings. The molecule has 19 nitrogen and oxygen atoms in total. The zero-order valence-corrected chi connectivity index (χ0v) is 66.1. The molecule has 0 bridgehead atoms. The number of hydrogen-bond donors (Lipinski definition) is 5. The van der Waals surface area contributed by atoms with E-state index >= 15 is 0 Å². The zero-order chi connectivity index (χ0) is 82.2. The van der Waals surface area contributed by atoms with Gasteiger partial charge in [0.25, 0.3) is 22.7 Å². The number of primary amides is 2. The van der Waals surface area contributed by atoms with Crippen LogP contribution in [0.2, 0.25) is 0 Å². The van der Waals surface area contributed by atoms with Gasteiger partial charge in [-0.2, -0.15) is 8.78 Å². The van der Waals surface area contributed by atoms with Crippen molar-refractivity contribution in [1.29, 1.82) is 0 Å². The number of phenols is 2. The van der Waals surface area contributed by atoms with Crippen molar-refractivity contribution in [1.82, 2.24) is 23.3 Å². The van der Waals surface area contributed by atoms with Crippen LogP contribution >= 0.6 is 15.9 Å². The monoisotopic (exact) mass is 1620 g/mol. The number of H-pyrrole nitrogens is 1. The summed E-state index contributed by atoms with van der Waals surface area (Å²) in [6.45, 7) is 16.8. The number of carbonyl (C=O) groups is 5. The van der Waals surface area contributed by atoms with E-state index < -0.39 is 47.3 Å². The van der Waals surface area contributed by atoms with Crippen molar-refractivity contribution in [2.75, 3.05) is 13.2 Å². The number of amides is 2. The molecule has 2 amide bonds. The Bertz CT molecular complexity index is 5790. The molecule has 3 atom stereocenters. The summed E-state index contributed by atoms with van der Waals surface area (Å²) in [5, 5.41) is 21.5. The number of Topliss-reactive ketones (excluding diaryl/α,β-unsaturated/α-hetero) is 1. The number of esters is 2. The molecular formula is C92H89BrF3N7O12. The molecule has 23 heteroatoms. The number of fused-ring (bicyclic) bond motifs is 5. The zero-order valence-electron chi connectivity index (χ0n) is 64.5. The number of aromatic nitrogens is 5. The Labute approximate surface area is 671 Å². The topological polar surface area (TPSA) is 260 Å². The molecule has 7 N–H and O–H groups in total. The van der Waals surface area contributed by atoms with Gasteiger partial charge in [-0.25, -0.2) is 14.0 Å². The molecule has 0 spiro atoms. The third-order valence-corrected chi connectivity index (χ3v) is 18.9. The van der Waals surface area contributed by atoms with Crippen LogP contribution in [0.4, 0.5) is 13.2 Å². The minimum Gasteiger partial charge on any atom is -0.507 e. The lowest BCUT2D eigenvalue weighted by Gasteiger charge is -2.12. The molecule has 0 saturated carbocycles. The number of nitrogens with two attached hydrogens (primary N) is 2. The molecule has 3 unspecified atom stereocenters. The van der Waals surface area contributed by atoms with E-state index in [4.69, 9.17) is 25.7 Å². The fourth-order valence-corrected chi connectivity index (χ4v) is 13.2. The third kappa shape index (κ3) is 21.9. The number of nitrogens with zero attached hydrogens (tertiary/aromatic N) is 4. The second kappa shape index (κ2) is 40.3. The van der Waals surface area contributed by atoms with E-state index in [2.05, 4.69) is 149 Å². The van der Waals surface area contributed by atoms with Gasteiger partial charge in [-0.1, -0.05) is 182 Å². The van der Waals surface area contributed by atoms with E-state index in [0.717, 1.165) is 74.2 Å². The molecule has 0 aliphatic carbocycles. The average molecular weight is 1620 g/mol. The number of aromatic amines is 1. The summed E-state index contributed by atoms with van der Waals surface area (Å²) in [5.74, 6) is -3.39. The van der Waals surface area contributed by atoms with Gasteiger partial charge in [0, 0.05) is 81.7 Å². The van der Waals surface area contributed by atoms with Crippen LogP contribution in [0, 0.1) is 34.6 Å². The SMILES string of the molecule is CCOC(=O)C(F)Br.CCOC(=O)C(F)Oc1cccc2c1cc(C)n2Cc1ccccc1.Cc1c(C(=O)C(N)=O)c2c(OC(F)C(N)=O)cccc2n1Cc1ccccc1.Cc1cc2c(O)cccc2[nH]1.Cc1cc2c(O)cccc2n1Cc1ccccc1.Cc1cc2c(OCc3ccccc3)cccc2n1Cc1ccccc1. The van der Waals surface area contributed by atoms with E-state index in [1.165, 1.54) is 44.9 Å². The molecule has 15 rings (SSSR count). The number of ketones is 1. The fraction of sp³-hybridized carbons (Fsp3) is 0.185. The summed E-state index contributed by atoms with van der Waals surface area (Å²) in [6, 6.07) is 86.4. The lowest BCUT2D eigenvalue weighted by atomic mass is 10.1. The second-order valence-corrected chi connectivity index (χ2v) is 27.4. The molecule has 5 aromatic heterocycles. The van der Waals surface area contributed by atoms with Gasteiger partial charge in [-0.3, -0.25) is 14.4 Å². The first-order valence-corrected chi connectivity index (χ1v) is 37.9. The van der Waals surface area contributed by atoms with Gasteiger partial charge in [0.2, 0.25) is 0 Å². The van der Waals surface area contributed by atoms with Crippen LogP contribution in [0.5, 0.6) is 28.7 Å². The molecule has 5 heterocycles. The van der Waals surface area contributed by atoms with Crippen molar-refractivity contribution in [2.45, 2.75) is 99.0 Å². The molecule has 15 aromatic rings. The summed E-state index contributed by atoms with van der Waals surface area (Å²) in [4.78, 5) is 59.8. The minimum absolute atomic E-state index is 0.00528. The van der Waals surface area contributed by atoms with Gasteiger partial charge in [0.05, 0.1) is 46.2 Å². The van der Waals surface area contributed by atoms with E-state index in [-0.39, 0.29) is 29.9 Å². The standard InChI is InChI=1S/C23H21NO.C20H18FN3O4.C20H20FNO3.C16H15NO.C9H9NO.C4H6BrFO2/c1-18-15-21-22(24(18)16-19-9-4-2-5-10-19)13-8-14-23(21)25-17-20-11-6-3-7-12-20;1-11-15(17(25)19(22)26)16-13(24(11)10-12-6-3-2-4-7-12)8-5-9-14(16)28-18(21)20(23)27;1-3-24-20(23)19(21)25-18-11-7-10-17-16(18)12-14(2)22(17)13-15-8-5-4-6-9-15;1-12-10-14-15(8-5-9-16(14)18)17(12)11-13-6-3-2-4-7-13;1-6-5-7-8(10-6)3-2-4-9(7)11;1-2-8-4(7)3(5)6/h2-15H,16-17H2,1H3;2-9,18H,10H2,1H3,(H2,22,26)(H2,23,27);4-12,19H,3,13H2,1-2H3;2-10,18H,11H2,1H3;2-5,10-11H,1H3;3H,2H2,1H3. The lowest BCUT2D eigenvalue weighted by Crippen LogP contribution is -2.29. The first-order chi connectivity index (χ1) is 55.4. The van der Waals surface area contributed by atoms with Crippen molar-refractivity contribution >= 4 is 100.0 Å². The Morgan fingerprint density at radius 1 is 0.426 bits per heavy atom. The van der Waals surface area contributed by atoms with Crippen LogP contribution in [-0.4, -0.2) is 94.0 Å². The van der Waals surface area contributed by atoms with Crippen LogP contribution < -0.4 is 25.7 Å². The van der Waals surface area contributed by atoms with Gasteiger partial charge in [-0.05, 0) is 177 Å². The maximum Gasteiger partial charge on any atom is 0.381 e. The number of aromatic hydroxyl groups is 2. The summed E-state index contributed by atoms with van der Waals surface area (Å²) in [6.07, 6.45) is -4.54. The Morgan fingerprint density at radius 2 is 0.809 bits per heavy atom. The van der Waals surface area contributed by atoms with Gasteiger partial charge >= 0.3 is 24.7 Å². The number of ether oxygens (including phenoxy) is 5. The highest BCUT2D eigenvalue weighted by atomic mass is 79.9. The van der Waals surface area contributed by atoms with Crippen LogP contribution in [0.15, 0.2) is 267 Å². The maximum atomic E-state index is 13.9. The molecule has 10 aromatic carbocycles. The predicted molar refractivity (Wildman–Crippen MR) is 447 cm³/mol. The first-order valence-electron chi connectivity index (χ1n) is 37.0. The highest BCUT2D eigenvalue weighted by molar-refractivity contribution is 9.09. The van der Waals surface area contributed by atoms with Crippen molar-refractivity contribution in [3.8, 4) is 28.7 Å². The number of phenolic OH excluding ortho intramolecular Hbond substituents is 2. The Balaban J connectivity index is 0.000000151. The first kappa shape index (κ1) is 84.2. The minimum atomic E-state index is -2.40. The Kier molecular flexibility index (Phi) is 29.5. The molecule has 0 saturated heterocycles. The normalized spacial score (nSPS) is 11.5. The molecule has 0 fully saturated rings. The van der Waals surface area contributed by atoms with E-state index in [1.54, 1.807) is 61.7 Å². The lowest BCUT2D eigenvalue weighted by molar-refractivity contribution is -0.159. The quantitative estimate of drug-likeness (QED) is 0.0184. The summed E-state index contributed by atoms with van der Waals surface area (Å²) in [5.41, 5.74) is 25.7. The van der Waals surface area contributed by atoms with Crippen molar-refractivity contribution < 1.29 is 71.0 Å². The van der Waals surface area contributed by atoms with E-state index in [0.29, 0.717) is 48.2 Å². The van der Waals surface area contributed by atoms with Gasteiger partial charge in [0.1, 0.15) is 35.4 Å². The largest absolute Gasteiger partial charge is 0.507 e. The van der Waals surface area contributed by atoms with Gasteiger partial charge in [-0.15, -0.1) is 0 Å². The smallest absolute Gasteiger partial charge is 0.381 e. The van der Waals surface area contributed by atoms with E-state index in [1.807, 2.05) is 147 Å². The maximum absolute atomic E-state index is 13.9. The number of carbonyl (C=O) groups excluding carboxylic acids is 5. The average Bonchev–Trinajstić information content (AvgIpc) is 1.62. The van der Waals surface area contributed by atoms with Crippen molar-refractivity contribution in [3.63, 3.8) is 0 Å². The summed E-state index contributed by atoms with van der Waals surface area (Å²) < 4.78 is 73.2. The van der Waals surface area contributed by atoms with Gasteiger partial charge < -0.3 is 68.6 Å². The highest BCUT2D eigenvalue weighted by Gasteiger charge is 2.29. The fourth-order valence-electron chi connectivity index (χ4n) is 13.1. The Hall–Kier alpha value is -13.3. The molecule has 592 valence electrons. The molecular weight excluding hydrogens is 1530 g/mol. The number of hydrogen-bond acceptors (Lipinski definition) is 12. The van der Waals surface area contributed by atoms with Crippen LogP contribution in [0.25, 0.3) is 54.5 Å². The Morgan fingerprint density at radius 3 is 1.25 bits per heavy atom. The number of aryl methyl sites for hydroxylation is 4. The third-order valence-electron chi connectivity index (χ3n) is 18.5. The number of alkyl halides is 4.